The maximum absolute atomic E-state index is 12.8. The van der Waals surface area contributed by atoms with E-state index >= 15 is 0 Å². The van der Waals surface area contributed by atoms with Crippen molar-refractivity contribution in [2.75, 3.05) is 18.5 Å². The molecule has 7 heteroatoms. The van der Waals surface area contributed by atoms with Crippen LogP contribution in [0.2, 0.25) is 0 Å². The van der Waals surface area contributed by atoms with Gasteiger partial charge in [0.05, 0.1) is 16.5 Å². The van der Waals surface area contributed by atoms with Crippen molar-refractivity contribution in [3.63, 3.8) is 0 Å². The molecule has 0 radical (unpaired) electrons. The number of nitrogens with zero attached hydrogens (tertiary/aromatic N) is 2. The summed E-state index contributed by atoms with van der Waals surface area (Å²) in [4.78, 5) is 14.4. The second-order valence-corrected chi connectivity index (χ2v) is 7.28. The number of rotatable bonds is 3. The summed E-state index contributed by atoms with van der Waals surface area (Å²) >= 11 is 0. The zero-order valence-electron chi connectivity index (χ0n) is 13.0. The fraction of sp³-hybridized carbons (Fsp3) is 0.176. The molecule has 1 aliphatic heterocycles. The molecule has 0 saturated carbocycles. The van der Waals surface area contributed by atoms with Crippen molar-refractivity contribution in [2.24, 2.45) is 0 Å². The van der Waals surface area contributed by atoms with Crippen LogP contribution in [0.5, 0.6) is 0 Å². The van der Waals surface area contributed by atoms with Crippen LogP contribution in [-0.2, 0) is 16.4 Å². The minimum atomic E-state index is -3.58. The van der Waals surface area contributed by atoms with Gasteiger partial charge in [0.15, 0.2) is 0 Å². The van der Waals surface area contributed by atoms with Gasteiger partial charge in [0.2, 0.25) is 10.0 Å². The Morgan fingerprint density at radius 2 is 2.04 bits per heavy atom. The summed E-state index contributed by atoms with van der Waals surface area (Å²) in [5, 5.41) is 8.97. The van der Waals surface area contributed by atoms with E-state index in [0.717, 1.165) is 5.56 Å². The van der Waals surface area contributed by atoms with Crippen molar-refractivity contribution in [1.29, 1.82) is 5.26 Å². The van der Waals surface area contributed by atoms with E-state index < -0.39 is 10.0 Å². The highest BCUT2D eigenvalue weighted by atomic mass is 32.2. The average Bonchev–Trinajstić information content (AvgIpc) is 3.04. The van der Waals surface area contributed by atoms with Crippen LogP contribution < -0.4 is 9.62 Å². The Balaban J connectivity index is 2.01. The SMILES string of the molecule is CNS(=O)(=O)c1ccc2c(c1)N(C(=O)c1cccc(C#N)c1)CC2. The molecule has 2 aromatic carbocycles. The molecular formula is C17H15N3O3S. The fourth-order valence-electron chi connectivity index (χ4n) is 2.73. The predicted molar refractivity (Wildman–Crippen MR) is 89.2 cm³/mol. The Kier molecular flexibility index (Phi) is 4.09. The number of benzene rings is 2. The molecule has 122 valence electrons. The fourth-order valence-corrected chi connectivity index (χ4v) is 3.48. The van der Waals surface area contributed by atoms with E-state index in [1.54, 1.807) is 29.2 Å². The normalized spacial score (nSPS) is 13.4. The molecule has 0 fully saturated rings. The number of hydrogen-bond acceptors (Lipinski definition) is 4. The highest BCUT2D eigenvalue weighted by Gasteiger charge is 2.27. The van der Waals surface area contributed by atoms with Gasteiger partial charge in [-0.15, -0.1) is 0 Å². The smallest absolute Gasteiger partial charge is 0.258 e. The van der Waals surface area contributed by atoms with E-state index in [0.29, 0.717) is 29.8 Å². The van der Waals surface area contributed by atoms with E-state index in [9.17, 15) is 13.2 Å². The van der Waals surface area contributed by atoms with Crippen molar-refractivity contribution in [3.8, 4) is 6.07 Å². The van der Waals surface area contributed by atoms with Gasteiger partial charge in [-0.3, -0.25) is 4.79 Å². The predicted octanol–water partition coefficient (Wildman–Crippen LogP) is 1.67. The summed E-state index contributed by atoms with van der Waals surface area (Å²) in [7, 11) is -2.23. The second-order valence-electron chi connectivity index (χ2n) is 5.40. The summed E-state index contributed by atoms with van der Waals surface area (Å²) in [6.45, 7) is 0.480. The molecule has 3 rings (SSSR count). The van der Waals surface area contributed by atoms with Crippen LogP contribution in [0.1, 0.15) is 21.5 Å². The lowest BCUT2D eigenvalue weighted by Gasteiger charge is -2.18. The van der Waals surface area contributed by atoms with Crippen LogP contribution in [0.15, 0.2) is 47.4 Å². The quantitative estimate of drug-likeness (QED) is 0.919. The number of carbonyl (C=O) groups excluding carboxylic acids is 1. The summed E-state index contributed by atoms with van der Waals surface area (Å²) in [5.41, 5.74) is 2.34. The van der Waals surface area contributed by atoms with Crippen LogP contribution in [0, 0.1) is 11.3 Å². The van der Waals surface area contributed by atoms with E-state index in [1.165, 1.54) is 25.2 Å². The Bertz CT molecular complexity index is 961. The van der Waals surface area contributed by atoms with Crippen molar-refractivity contribution in [2.45, 2.75) is 11.3 Å². The minimum Gasteiger partial charge on any atom is -0.308 e. The molecule has 1 aliphatic rings. The first-order valence-corrected chi connectivity index (χ1v) is 8.83. The zero-order chi connectivity index (χ0) is 17.3. The second kappa shape index (κ2) is 6.07. The van der Waals surface area contributed by atoms with Gasteiger partial charge < -0.3 is 4.90 Å². The molecular weight excluding hydrogens is 326 g/mol. The first-order valence-electron chi connectivity index (χ1n) is 7.35. The van der Waals surface area contributed by atoms with Crippen molar-refractivity contribution in [1.82, 2.24) is 4.72 Å². The molecule has 6 nitrogen and oxygen atoms in total. The summed E-state index contributed by atoms with van der Waals surface area (Å²) in [6.07, 6.45) is 0.666. The molecule has 2 aromatic rings. The summed E-state index contributed by atoms with van der Waals surface area (Å²) in [5.74, 6) is -0.246. The van der Waals surface area contributed by atoms with E-state index in [1.807, 2.05) is 6.07 Å². The lowest BCUT2D eigenvalue weighted by atomic mass is 10.1. The highest BCUT2D eigenvalue weighted by molar-refractivity contribution is 7.89. The topological polar surface area (TPSA) is 90.3 Å². The van der Waals surface area contributed by atoms with Crippen LogP contribution in [0.3, 0.4) is 0 Å². The van der Waals surface area contributed by atoms with E-state index in [2.05, 4.69) is 4.72 Å². The number of sulfonamides is 1. The lowest BCUT2D eigenvalue weighted by molar-refractivity contribution is 0.0989. The molecule has 1 amide bonds. The number of nitriles is 1. The zero-order valence-corrected chi connectivity index (χ0v) is 13.8. The van der Waals surface area contributed by atoms with Gasteiger partial charge in [-0.2, -0.15) is 5.26 Å². The van der Waals surface area contributed by atoms with E-state index in [-0.39, 0.29) is 10.8 Å². The molecule has 0 spiro atoms. The molecule has 0 atom stereocenters. The number of nitrogens with one attached hydrogen (secondary N) is 1. The van der Waals surface area contributed by atoms with Crippen molar-refractivity contribution >= 4 is 21.6 Å². The maximum atomic E-state index is 12.8. The van der Waals surface area contributed by atoms with Crippen LogP contribution in [0.4, 0.5) is 5.69 Å². The Labute approximate surface area is 140 Å². The third kappa shape index (κ3) is 2.77. The Morgan fingerprint density at radius 1 is 1.25 bits per heavy atom. The number of carbonyl (C=O) groups is 1. The number of amides is 1. The first-order chi connectivity index (χ1) is 11.5. The molecule has 0 unspecified atom stereocenters. The molecule has 1 heterocycles. The summed E-state index contributed by atoms with van der Waals surface area (Å²) in [6, 6.07) is 13.3. The third-order valence-electron chi connectivity index (χ3n) is 4.02. The van der Waals surface area contributed by atoms with E-state index in [4.69, 9.17) is 5.26 Å². The molecule has 0 bridgehead atoms. The lowest BCUT2D eigenvalue weighted by Crippen LogP contribution is -2.29. The standard InChI is InChI=1S/C17H15N3O3S/c1-19-24(22,23)15-6-5-13-7-8-20(16(13)10-15)17(21)14-4-2-3-12(9-14)11-18/h2-6,9-10,19H,7-8H2,1H3. The van der Waals surface area contributed by atoms with Gasteiger partial charge in [-0.25, -0.2) is 13.1 Å². The van der Waals surface area contributed by atoms with Crippen LogP contribution in [0.25, 0.3) is 0 Å². The maximum Gasteiger partial charge on any atom is 0.258 e. The Morgan fingerprint density at radius 3 is 2.75 bits per heavy atom. The highest BCUT2D eigenvalue weighted by Crippen LogP contribution is 2.31. The third-order valence-corrected chi connectivity index (χ3v) is 5.43. The molecule has 0 aliphatic carbocycles. The van der Waals surface area contributed by atoms with Gasteiger partial charge in [0, 0.05) is 17.8 Å². The van der Waals surface area contributed by atoms with Gasteiger partial charge in [-0.1, -0.05) is 12.1 Å². The molecule has 0 saturated heterocycles. The Hall–Kier alpha value is -2.69. The van der Waals surface area contributed by atoms with Crippen LogP contribution >= 0.6 is 0 Å². The van der Waals surface area contributed by atoms with Gasteiger partial charge in [0.1, 0.15) is 0 Å². The number of anilines is 1. The van der Waals surface area contributed by atoms with Crippen LogP contribution in [-0.4, -0.2) is 27.9 Å². The average molecular weight is 341 g/mol. The van der Waals surface area contributed by atoms with Gasteiger partial charge in [-0.05, 0) is 49.4 Å². The minimum absolute atomic E-state index is 0.120. The van der Waals surface area contributed by atoms with Crippen molar-refractivity contribution < 1.29 is 13.2 Å². The largest absolute Gasteiger partial charge is 0.308 e. The summed E-state index contributed by atoms with van der Waals surface area (Å²) < 4.78 is 26.2. The molecule has 24 heavy (non-hydrogen) atoms. The number of hydrogen-bond donors (Lipinski definition) is 1. The van der Waals surface area contributed by atoms with Crippen molar-refractivity contribution in [3.05, 3.63) is 59.2 Å². The monoisotopic (exact) mass is 341 g/mol. The molecule has 1 N–H and O–H groups in total. The number of fused-ring (bicyclic) bond motifs is 1. The van der Waals surface area contributed by atoms with Gasteiger partial charge >= 0.3 is 0 Å². The van der Waals surface area contributed by atoms with Gasteiger partial charge in [0.25, 0.3) is 5.91 Å². The first kappa shape index (κ1) is 16.2. The molecule has 0 aromatic heterocycles.